The second kappa shape index (κ2) is 8.16. The third-order valence-electron chi connectivity index (χ3n) is 3.87. The lowest BCUT2D eigenvalue weighted by Crippen LogP contribution is -2.32. The van der Waals surface area contributed by atoms with E-state index in [2.05, 4.69) is 5.32 Å². The number of ether oxygens (including phenoxy) is 1. The summed E-state index contributed by atoms with van der Waals surface area (Å²) in [6, 6.07) is 13.6. The van der Waals surface area contributed by atoms with Crippen LogP contribution in [0.1, 0.15) is 32.8 Å². The molecule has 0 saturated heterocycles. The Morgan fingerprint density at radius 2 is 1.96 bits per heavy atom. The van der Waals surface area contributed by atoms with Gasteiger partial charge in [-0.1, -0.05) is 37.3 Å². The number of nitrogens with one attached hydrogen (secondary N) is 1. The number of nitrogens with zero attached hydrogens (tertiary/aromatic N) is 1. The molecule has 1 unspecified atom stereocenters. The monoisotopic (exact) mass is 322 g/mol. The quantitative estimate of drug-likeness (QED) is 0.644. The lowest BCUT2D eigenvalue weighted by atomic mass is 10.0. The van der Waals surface area contributed by atoms with Crippen molar-refractivity contribution in [2.24, 2.45) is 0 Å². The van der Waals surface area contributed by atoms with Gasteiger partial charge in [0.05, 0.1) is 6.61 Å². The summed E-state index contributed by atoms with van der Waals surface area (Å²) in [6.07, 6.45) is 2.45. The third kappa shape index (κ3) is 3.94. The molecule has 0 fully saturated rings. The summed E-state index contributed by atoms with van der Waals surface area (Å²) in [4.78, 5) is 12.2. The van der Waals surface area contributed by atoms with Gasteiger partial charge in [-0.25, -0.2) is 0 Å². The van der Waals surface area contributed by atoms with Crippen molar-refractivity contribution in [1.82, 2.24) is 5.32 Å². The molecule has 0 aliphatic heterocycles. The first-order valence-corrected chi connectivity index (χ1v) is 8.17. The van der Waals surface area contributed by atoms with Gasteiger partial charge in [0.2, 0.25) is 0 Å². The zero-order valence-corrected chi connectivity index (χ0v) is 14.3. The second-order valence-corrected chi connectivity index (χ2v) is 5.58. The highest BCUT2D eigenvalue weighted by Gasteiger charge is 2.13. The first kappa shape index (κ1) is 17.6. The van der Waals surface area contributed by atoms with Gasteiger partial charge in [-0.2, -0.15) is 5.26 Å². The fourth-order valence-corrected chi connectivity index (χ4v) is 2.41. The molecule has 0 spiro atoms. The molecule has 24 heavy (non-hydrogen) atoms. The molecular weight excluding hydrogens is 300 g/mol. The number of hydrogen-bond acceptors (Lipinski definition) is 3. The molecule has 1 amide bonds. The molecule has 0 aliphatic rings. The van der Waals surface area contributed by atoms with E-state index in [9.17, 15) is 10.1 Å². The highest BCUT2D eigenvalue weighted by molar-refractivity contribution is 6.04. The minimum atomic E-state index is -0.343. The van der Waals surface area contributed by atoms with E-state index in [1.807, 2.05) is 63.2 Å². The highest BCUT2D eigenvalue weighted by atomic mass is 16.5. The Bertz CT molecular complexity index is 803. The van der Waals surface area contributed by atoms with Gasteiger partial charge in [0, 0.05) is 11.4 Å². The SMILES string of the molecule is CCOc1ccc(C=C(C#N)C(=O)NC(C)CC)c2ccccc12. The van der Waals surface area contributed by atoms with Gasteiger partial charge in [-0.15, -0.1) is 0 Å². The first-order chi connectivity index (χ1) is 11.6. The average Bonchev–Trinajstić information content (AvgIpc) is 2.61. The van der Waals surface area contributed by atoms with Gasteiger partial charge in [-0.3, -0.25) is 4.79 Å². The van der Waals surface area contributed by atoms with Crippen LogP contribution in [0.3, 0.4) is 0 Å². The lowest BCUT2D eigenvalue weighted by Gasteiger charge is -2.12. The Morgan fingerprint density at radius 1 is 1.25 bits per heavy atom. The van der Waals surface area contributed by atoms with Crippen LogP contribution >= 0.6 is 0 Å². The molecule has 2 aromatic rings. The van der Waals surface area contributed by atoms with Crippen LogP contribution in [0.4, 0.5) is 0 Å². The molecule has 0 aliphatic carbocycles. The fourth-order valence-electron chi connectivity index (χ4n) is 2.41. The summed E-state index contributed by atoms with van der Waals surface area (Å²) in [7, 11) is 0. The highest BCUT2D eigenvalue weighted by Crippen LogP contribution is 2.29. The van der Waals surface area contributed by atoms with Gasteiger partial charge in [0.15, 0.2) is 0 Å². The van der Waals surface area contributed by atoms with Crippen LogP contribution < -0.4 is 10.1 Å². The van der Waals surface area contributed by atoms with E-state index < -0.39 is 0 Å². The van der Waals surface area contributed by atoms with Crippen molar-refractivity contribution < 1.29 is 9.53 Å². The predicted octanol–water partition coefficient (Wildman–Crippen LogP) is 4.06. The molecule has 0 aromatic heterocycles. The van der Waals surface area contributed by atoms with Crippen LogP contribution in [0.2, 0.25) is 0 Å². The Labute approximate surface area is 142 Å². The van der Waals surface area contributed by atoms with Crippen LogP contribution in [0.15, 0.2) is 42.0 Å². The minimum Gasteiger partial charge on any atom is -0.493 e. The summed E-state index contributed by atoms with van der Waals surface area (Å²) >= 11 is 0. The van der Waals surface area contributed by atoms with Crippen LogP contribution in [-0.4, -0.2) is 18.6 Å². The molecular formula is C20H22N2O2. The Kier molecular flexibility index (Phi) is 5.97. The molecule has 2 aromatic carbocycles. The van der Waals surface area contributed by atoms with Crippen molar-refractivity contribution in [2.75, 3.05) is 6.61 Å². The van der Waals surface area contributed by atoms with Crippen molar-refractivity contribution >= 4 is 22.8 Å². The van der Waals surface area contributed by atoms with Crippen molar-refractivity contribution in [2.45, 2.75) is 33.2 Å². The molecule has 2 rings (SSSR count). The smallest absolute Gasteiger partial charge is 0.262 e. The van der Waals surface area contributed by atoms with Gasteiger partial charge in [0.25, 0.3) is 5.91 Å². The Hall–Kier alpha value is -2.80. The number of hydrogen-bond donors (Lipinski definition) is 1. The number of amides is 1. The number of carbonyl (C=O) groups is 1. The molecule has 4 nitrogen and oxygen atoms in total. The molecule has 0 heterocycles. The van der Waals surface area contributed by atoms with Crippen molar-refractivity contribution in [3.8, 4) is 11.8 Å². The maximum absolute atomic E-state index is 12.2. The largest absolute Gasteiger partial charge is 0.493 e. The van der Waals surface area contributed by atoms with E-state index in [-0.39, 0.29) is 17.5 Å². The summed E-state index contributed by atoms with van der Waals surface area (Å²) < 4.78 is 5.66. The van der Waals surface area contributed by atoms with Gasteiger partial charge >= 0.3 is 0 Å². The van der Waals surface area contributed by atoms with Gasteiger partial charge in [0.1, 0.15) is 17.4 Å². The molecule has 1 N–H and O–H groups in total. The maximum Gasteiger partial charge on any atom is 0.262 e. The van der Waals surface area contributed by atoms with E-state index in [0.29, 0.717) is 6.61 Å². The maximum atomic E-state index is 12.2. The van der Waals surface area contributed by atoms with Crippen LogP contribution in [0, 0.1) is 11.3 Å². The zero-order valence-electron chi connectivity index (χ0n) is 14.3. The average molecular weight is 322 g/mol. The lowest BCUT2D eigenvalue weighted by molar-refractivity contribution is -0.117. The van der Waals surface area contributed by atoms with Gasteiger partial charge in [-0.05, 0) is 43.4 Å². The zero-order chi connectivity index (χ0) is 17.5. The molecule has 0 bridgehead atoms. The number of carbonyl (C=O) groups excluding carboxylic acids is 1. The van der Waals surface area contributed by atoms with Crippen LogP contribution in [0.5, 0.6) is 5.75 Å². The van der Waals surface area contributed by atoms with Crippen LogP contribution in [-0.2, 0) is 4.79 Å². The summed E-state index contributed by atoms with van der Waals surface area (Å²) in [5.41, 5.74) is 0.925. The summed E-state index contributed by atoms with van der Waals surface area (Å²) in [6.45, 7) is 6.43. The van der Waals surface area contributed by atoms with E-state index in [4.69, 9.17) is 4.74 Å². The van der Waals surface area contributed by atoms with Crippen molar-refractivity contribution in [3.05, 3.63) is 47.5 Å². The van der Waals surface area contributed by atoms with Crippen LogP contribution in [0.25, 0.3) is 16.8 Å². The normalized spacial score (nSPS) is 12.5. The Balaban J connectivity index is 2.46. The number of rotatable bonds is 6. The van der Waals surface area contributed by atoms with E-state index in [1.165, 1.54) is 0 Å². The van der Waals surface area contributed by atoms with E-state index in [0.717, 1.165) is 28.5 Å². The summed E-state index contributed by atoms with van der Waals surface area (Å²) in [5, 5.41) is 14.1. The standard InChI is InChI=1S/C20H22N2O2/c1-4-14(3)22-20(23)16(13-21)12-15-10-11-19(24-5-2)18-9-7-6-8-17(15)18/h6-12,14H,4-5H2,1-3H3,(H,22,23). The molecule has 124 valence electrons. The first-order valence-electron chi connectivity index (χ1n) is 8.17. The molecule has 0 saturated carbocycles. The molecule has 0 radical (unpaired) electrons. The number of nitriles is 1. The van der Waals surface area contributed by atoms with Crippen molar-refractivity contribution in [1.29, 1.82) is 5.26 Å². The summed E-state index contributed by atoms with van der Waals surface area (Å²) in [5.74, 6) is 0.456. The third-order valence-corrected chi connectivity index (χ3v) is 3.87. The predicted molar refractivity (Wildman–Crippen MR) is 96.6 cm³/mol. The number of fused-ring (bicyclic) bond motifs is 1. The molecule has 4 heteroatoms. The van der Waals surface area contributed by atoms with E-state index in [1.54, 1.807) is 6.08 Å². The van der Waals surface area contributed by atoms with Crippen molar-refractivity contribution in [3.63, 3.8) is 0 Å². The van der Waals surface area contributed by atoms with Gasteiger partial charge < -0.3 is 10.1 Å². The molecule has 1 atom stereocenters. The second-order valence-electron chi connectivity index (χ2n) is 5.58. The number of benzene rings is 2. The fraction of sp³-hybridized carbons (Fsp3) is 0.300. The van der Waals surface area contributed by atoms with E-state index >= 15 is 0 Å². The minimum absolute atomic E-state index is 0.0336. The topological polar surface area (TPSA) is 62.1 Å². The Morgan fingerprint density at radius 3 is 2.58 bits per heavy atom.